The van der Waals surface area contributed by atoms with Gasteiger partial charge in [0.1, 0.15) is 0 Å². The van der Waals surface area contributed by atoms with Gasteiger partial charge >= 0.3 is 0 Å². The van der Waals surface area contributed by atoms with Crippen molar-refractivity contribution in [1.29, 1.82) is 0 Å². The maximum Gasteiger partial charge on any atom is 0.249 e. The van der Waals surface area contributed by atoms with E-state index in [9.17, 15) is 4.79 Å². The molecule has 1 fully saturated rings. The Hall–Kier alpha value is -1.60. The Balaban J connectivity index is 1.93. The summed E-state index contributed by atoms with van der Waals surface area (Å²) in [5.41, 5.74) is 1.77. The molecular formula is C13H21N5O2. The Morgan fingerprint density at radius 2 is 2.15 bits per heavy atom. The molecule has 0 aromatic carbocycles. The van der Waals surface area contributed by atoms with E-state index in [1.54, 1.807) is 0 Å². The van der Waals surface area contributed by atoms with Crippen LogP contribution >= 0.6 is 0 Å². The van der Waals surface area contributed by atoms with E-state index < -0.39 is 0 Å². The molecule has 1 unspecified atom stereocenters. The number of morpholine rings is 1. The monoisotopic (exact) mass is 279 g/mol. The van der Waals surface area contributed by atoms with E-state index in [-0.39, 0.29) is 17.9 Å². The summed E-state index contributed by atoms with van der Waals surface area (Å²) >= 11 is 0. The van der Waals surface area contributed by atoms with Crippen LogP contribution in [0.4, 0.5) is 5.95 Å². The molecule has 2 heterocycles. The fraction of sp³-hybridized carbons (Fsp3) is 0.692. The standard InChI is InChI=1S/C13H21N5O2/c1-3-10-11(4-2)17-18-13(15-10)16-12(19)7-9-8-20-6-5-14-9/h9,14H,3-8H2,1-2H3,(H,15,16,18,19). The molecule has 1 saturated heterocycles. The van der Waals surface area contributed by atoms with Crippen LogP contribution < -0.4 is 10.6 Å². The van der Waals surface area contributed by atoms with Gasteiger partial charge in [-0.25, -0.2) is 4.98 Å². The van der Waals surface area contributed by atoms with Gasteiger partial charge in [-0.05, 0) is 12.8 Å². The second kappa shape index (κ2) is 7.25. The Labute approximate surface area is 118 Å². The summed E-state index contributed by atoms with van der Waals surface area (Å²) in [6.45, 7) is 6.06. The SMILES string of the molecule is CCc1nnc(NC(=O)CC2COCCN2)nc1CC. The van der Waals surface area contributed by atoms with Crippen LogP contribution in [-0.4, -0.2) is 46.9 Å². The third-order valence-electron chi connectivity index (χ3n) is 3.19. The van der Waals surface area contributed by atoms with E-state index in [2.05, 4.69) is 25.8 Å². The third kappa shape index (κ3) is 3.94. The number of carbonyl (C=O) groups is 1. The molecule has 20 heavy (non-hydrogen) atoms. The summed E-state index contributed by atoms with van der Waals surface area (Å²) in [5.74, 6) is 0.155. The maximum atomic E-state index is 11.9. The van der Waals surface area contributed by atoms with Gasteiger partial charge in [-0.3, -0.25) is 10.1 Å². The first-order chi connectivity index (χ1) is 9.72. The van der Waals surface area contributed by atoms with Crippen molar-refractivity contribution >= 4 is 11.9 Å². The molecule has 0 aliphatic carbocycles. The van der Waals surface area contributed by atoms with E-state index >= 15 is 0 Å². The van der Waals surface area contributed by atoms with Crippen molar-refractivity contribution < 1.29 is 9.53 Å². The zero-order valence-corrected chi connectivity index (χ0v) is 12.0. The molecule has 2 N–H and O–H groups in total. The molecule has 0 saturated carbocycles. The lowest BCUT2D eigenvalue weighted by Crippen LogP contribution is -2.43. The number of carbonyl (C=O) groups excluding carboxylic acids is 1. The number of anilines is 1. The van der Waals surface area contributed by atoms with Gasteiger partial charge in [0.15, 0.2) is 0 Å². The van der Waals surface area contributed by atoms with Crippen LogP contribution in [0.5, 0.6) is 0 Å². The van der Waals surface area contributed by atoms with Gasteiger partial charge < -0.3 is 10.1 Å². The predicted molar refractivity (Wildman–Crippen MR) is 74.4 cm³/mol. The summed E-state index contributed by atoms with van der Waals surface area (Å²) in [7, 11) is 0. The summed E-state index contributed by atoms with van der Waals surface area (Å²) < 4.78 is 5.31. The fourth-order valence-corrected chi connectivity index (χ4v) is 2.14. The highest BCUT2D eigenvalue weighted by Crippen LogP contribution is 2.07. The van der Waals surface area contributed by atoms with Gasteiger partial charge in [0.2, 0.25) is 11.9 Å². The molecule has 0 spiro atoms. The second-order valence-corrected chi connectivity index (χ2v) is 4.71. The van der Waals surface area contributed by atoms with Crippen LogP contribution in [0.3, 0.4) is 0 Å². The van der Waals surface area contributed by atoms with Crippen molar-refractivity contribution in [2.24, 2.45) is 0 Å². The molecule has 0 bridgehead atoms. The zero-order chi connectivity index (χ0) is 14.4. The number of ether oxygens (including phenoxy) is 1. The summed E-state index contributed by atoms with van der Waals surface area (Å²) in [6.07, 6.45) is 1.92. The molecule has 1 amide bonds. The Morgan fingerprint density at radius 3 is 2.80 bits per heavy atom. The lowest BCUT2D eigenvalue weighted by Gasteiger charge is -2.23. The maximum absolute atomic E-state index is 11.9. The van der Waals surface area contributed by atoms with Crippen LogP contribution in [-0.2, 0) is 22.4 Å². The minimum atomic E-state index is -0.124. The molecule has 7 heteroatoms. The molecule has 1 aliphatic heterocycles. The number of hydrogen-bond acceptors (Lipinski definition) is 6. The van der Waals surface area contributed by atoms with Crippen molar-refractivity contribution in [1.82, 2.24) is 20.5 Å². The molecule has 110 valence electrons. The number of aryl methyl sites for hydroxylation is 2. The van der Waals surface area contributed by atoms with Crippen LogP contribution in [0.1, 0.15) is 31.7 Å². The van der Waals surface area contributed by atoms with Crippen molar-refractivity contribution in [3.8, 4) is 0 Å². The fourth-order valence-electron chi connectivity index (χ4n) is 2.14. The van der Waals surface area contributed by atoms with Gasteiger partial charge in [0.25, 0.3) is 0 Å². The van der Waals surface area contributed by atoms with Gasteiger partial charge in [-0.15, -0.1) is 10.2 Å². The number of nitrogens with one attached hydrogen (secondary N) is 2. The van der Waals surface area contributed by atoms with E-state index in [4.69, 9.17) is 4.74 Å². The molecular weight excluding hydrogens is 258 g/mol. The normalized spacial score (nSPS) is 18.8. The van der Waals surface area contributed by atoms with Crippen molar-refractivity contribution in [3.05, 3.63) is 11.4 Å². The highest BCUT2D eigenvalue weighted by atomic mass is 16.5. The largest absolute Gasteiger partial charge is 0.378 e. The molecule has 1 aromatic rings. The van der Waals surface area contributed by atoms with Crippen LogP contribution in [0.25, 0.3) is 0 Å². The summed E-state index contributed by atoms with van der Waals surface area (Å²) in [5, 5.41) is 14.0. The lowest BCUT2D eigenvalue weighted by molar-refractivity contribution is -0.117. The molecule has 1 aromatic heterocycles. The van der Waals surface area contributed by atoms with E-state index in [1.807, 2.05) is 13.8 Å². The Kier molecular flexibility index (Phi) is 5.37. The average Bonchev–Trinajstić information content (AvgIpc) is 2.48. The van der Waals surface area contributed by atoms with Gasteiger partial charge in [0.05, 0.1) is 24.6 Å². The molecule has 7 nitrogen and oxygen atoms in total. The number of aromatic nitrogens is 3. The predicted octanol–water partition coefficient (Wildman–Crippen LogP) is 0.313. The van der Waals surface area contributed by atoms with Gasteiger partial charge in [0, 0.05) is 19.0 Å². The first kappa shape index (κ1) is 14.8. The van der Waals surface area contributed by atoms with E-state index in [1.165, 1.54) is 0 Å². The van der Waals surface area contributed by atoms with Gasteiger partial charge in [-0.1, -0.05) is 13.8 Å². The lowest BCUT2D eigenvalue weighted by atomic mass is 10.2. The van der Waals surface area contributed by atoms with Crippen molar-refractivity contribution in [2.75, 3.05) is 25.1 Å². The minimum Gasteiger partial charge on any atom is -0.378 e. The summed E-state index contributed by atoms with van der Waals surface area (Å²) in [6, 6.07) is 0.0530. The average molecular weight is 279 g/mol. The molecule has 1 aliphatic rings. The van der Waals surface area contributed by atoms with Gasteiger partial charge in [-0.2, -0.15) is 0 Å². The smallest absolute Gasteiger partial charge is 0.249 e. The van der Waals surface area contributed by atoms with E-state index in [0.29, 0.717) is 19.6 Å². The minimum absolute atomic E-state index is 0.0530. The highest BCUT2D eigenvalue weighted by Gasteiger charge is 2.18. The first-order valence-corrected chi connectivity index (χ1v) is 7.06. The number of rotatable bonds is 5. The third-order valence-corrected chi connectivity index (χ3v) is 3.19. The first-order valence-electron chi connectivity index (χ1n) is 7.06. The molecule has 1 atom stereocenters. The van der Waals surface area contributed by atoms with Crippen LogP contribution in [0, 0.1) is 0 Å². The molecule has 0 radical (unpaired) electrons. The van der Waals surface area contributed by atoms with Crippen LogP contribution in [0.15, 0.2) is 0 Å². The Bertz CT molecular complexity index is 460. The second-order valence-electron chi connectivity index (χ2n) is 4.71. The van der Waals surface area contributed by atoms with Crippen molar-refractivity contribution in [2.45, 2.75) is 39.2 Å². The summed E-state index contributed by atoms with van der Waals surface area (Å²) in [4.78, 5) is 16.3. The topological polar surface area (TPSA) is 89.0 Å². The zero-order valence-electron chi connectivity index (χ0n) is 12.0. The Morgan fingerprint density at radius 1 is 1.35 bits per heavy atom. The number of hydrogen-bond donors (Lipinski definition) is 2. The number of nitrogens with zero attached hydrogens (tertiary/aromatic N) is 3. The molecule has 2 rings (SSSR count). The quantitative estimate of drug-likeness (QED) is 0.806. The van der Waals surface area contributed by atoms with Crippen LogP contribution in [0.2, 0.25) is 0 Å². The van der Waals surface area contributed by atoms with E-state index in [0.717, 1.165) is 30.8 Å². The number of amides is 1. The highest BCUT2D eigenvalue weighted by molar-refractivity contribution is 5.89. The van der Waals surface area contributed by atoms with Crippen molar-refractivity contribution in [3.63, 3.8) is 0 Å².